The van der Waals surface area contributed by atoms with E-state index in [1.165, 1.54) is 28.8 Å². The van der Waals surface area contributed by atoms with Crippen molar-refractivity contribution in [1.29, 1.82) is 0 Å². The van der Waals surface area contributed by atoms with Crippen LogP contribution in [0.3, 0.4) is 0 Å². The molecule has 1 amide bonds. The Bertz CT molecular complexity index is 985. The maximum Gasteiger partial charge on any atom is 0.223 e. The fourth-order valence-corrected chi connectivity index (χ4v) is 5.77. The second-order valence-corrected chi connectivity index (χ2v) is 9.68. The molecule has 30 heavy (non-hydrogen) atoms. The first-order valence-electron chi connectivity index (χ1n) is 11.0. The van der Waals surface area contributed by atoms with E-state index in [4.69, 9.17) is 5.10 Å². The molecule has 2 atom stereocenters. The van der Waals surface area contributed by atoms with Crippen molar-refractivity contribution in [3.8, 4) is 0 Å². The van der Waals surface area contributed by atoms with Crippen molar-refractivity contribution >= 4 is 27.5 Å². The molecule has 0 unspecified atom stereocenters. The minimum atomic E-state index is 0.220. The van der Waals surface area contributed by atoms with Gasteiger partial charge in [-0.25, -0.2) is 4.98 Å². The molecule has 160 valence electrons. The lowest BCUT2D eigenvalue weighted by Gasteiger charge is -2.31. The van der Waals surface area contributed by atoms with Crippen LogP contribution in [0.5, 0.6) is 0 Å². The summed E-state index contributed by atoms with van der Waals surface area (Å²) in [5, 5.41) is 10.1. The standard InChI is InChI=1S/C22H30N6OS/c1-26-19-5-12-30-21(19)20(25-26)16-3-9-27(10-4-16)14-17-13-18(17)22(29)24-6-2-8-28-11-7-23-15-28/h5,7,11-12,15-18H,2-4,6,8-10,13-14H2,1H3,(H,24,29)/t17-,18+/m1/s1. The zero-order valence-corrected chi connectivity index (χ0v) is 18.4. The van der Waals surface area contributed by atoms with Gasteiger partial charge in [0.2, 0.25) is 5.91 Å². The fraction of sp³-hybridized carbons (Fsp3) is 0.591. The second kappa shape index (κ2) is 8.51. The molecule has 4 heterocycles. The number of thiophene rings is 1. The highest BCUT2D eigenvalue weighted by molar-refractivity contribution is 7.17. The van der Waals surface area contributed by atoms with E-state index < -0.39 is 0 Å². The number of carbonyl (C=O) groups excluding carboxylic acids is 1. The predicted octanol–water partition coefficient (Wildman–Crippen LogP) is 2.85. The van der Waals surface area contributed by atoms with Crippen LogP contribution in [0.2, 0.25) is 0 Å². The molecular formula is C22H30N6OS. The Hall–Kier alpha value is -2.19. The largest absolute Gasteiger partial charge is 0.356 e. The van der Waals surface area contributed by atoms with Gasteiger partial charge in [-0.15, -0.1) is 11.3 Å². The minimum absolute atomic E-state index is 0.220. The van der Waals surface area contributed by atoms with Gasteiger partial charge in [-0.3, -0.25) is 9.48 Å². The van der Waals surface area contributed by atoms with Crippen LogP contribution < -0.4 is 5.32 Å². The quantitative estimate of drug-likeness (QED) is 0.563. The monoisotopic (exact) mass is 426 g/mol. The summed E-state index contributed by atoms with van der Waals surface area (Å²) in [6, 6.07) is 2.17. The maximum absolute atomic E-state index is 12.4. The molecular weight excluding hydrogens is 396 g/mol. The van der Waals surface area contributed by atoms with Crippen LogP contribution in [0.1, 0.15) is 37.3 Å². The van der Waals surface area contributed by atoms with Gasteiger partial charge in [-0.05, 0) is 56.1 Å². The number of hydrogen-bond donors (Lipinski definition) is 1. The van der Waals surface area contributed by atoms with Crippen molar-refractivity contribution in [1.82, 2.24) is 29.5 Å². The number of aryl methyl sites for hydroxylation is 2. The van der Waals surface area contributed by atoms with Crippen LogP contribution in [0.25, 0.3) is 10.2 Å². The lowest BCUT2D eigenvalue weighted by Crippen LogP contribution is -2.35. The molecule has 5 rings (SSSR count). The Balaban J connectivity index is 1.03. The lowest BCUT2D eigenvalue weighted by molar-refractivity contribution is -0.122. The first-order chi connectivity index (χ1) is 14.7. The Morgan fingerprint density at radius 3 is 3.00 bits per heavy atom. The van der Waals surface area contributed by atoms with Crippen LogP contribution in [0, 0.1) is 11.8 Å². The molecule has 1 aliphatic heterocycles. The number of amides is 1. The first-order valence-corrected chi connectivity index (χ1v) is 11.9. The third-order valence-corrected chi connectivity index (χ3v) is 7.59. The minimum Gasteiger partial charge on any atom is -0.356 e. The van der Waals surface area contributed by atoms with Gasteiger partial charge >= 0.3 is 0 Å². The highest BCUT2D eigenvalue weighted by Gasteiger charge is 2.43. The average Bonchev–Trinajstić information content (AvgIpc) is 3.12. The highest BCUT2D eigenvalue weighted by Crippen LogP contribution is 2.41. The van der Waals surface area contributed by atoms with Gasteiger partial charge in [0.1, 0.15) is 0 Å². The van der Waals surface area contributed by atoms with E-state index in [0.717, 1.165) is 45.6 Å². The molecule has 7 nitrogen and oxygen atoms in total. The average molecular weight is 427 g/mol. The summed E-state index contributed by atoms with van der Waals surface area (Å²) >= 11 is 1.81. The molecule has 3 aromatic heterocycles. The van der Waals surface area contributed by atoms with Crippen molar-refractivity contribution in [2.75, 3.05) is 26.2 Å². The molecule has 8 heteroatoms. The van der Waals surface area contributed by atoms with Gasteiger partial charge in [0.25, 0.3) is 0 Å². The number of nitrogens with zero attached hydrogens (tertiary/aromatic N) is 5. The van der Waals surface area contributed by atoms with E-state index in [-0.39, 0.29) is 11.8 Å². The lowest BCUT2D eigenvalue weighted by atomic mass is 9.93. The summed E-state index contributed by atoms with van der Waals surface area (Å²) in [6.07, 6.45) is 9.89. The van der Waals surface area contributed by atoms with Gasteiger partial charge in [-0.2, -0.15) is 5.10 Å². The topological polar surface area (TPSA) is 68.0 Å². The number of carbonyl (C=O) groups is 1. The van der Waals surface area contributed by atoms with E-state index >= 15 is 0 Å². The van der Waals surface area contributed by atoms with Gasteiger partial charge in [0, 0.05) is 50.9 Å². The van der Waals surface area contributed by atoms with Crippen molar-refractivity contribution in [2.45, 2.75) is 38.1 Å². The highest BCUT2D eigenvalue weighted by atomic mass is 32.1. The van der Waals surface area contributed by atoms with E-state index in [2.05, 4.69) is 26.6 Å². The molecule has 0 bridgehead atoms. The number of rotatable bonds is 8. The fourth-order valence-electron chi connectivity index (χ4n) is 4.79. The van der Waals surface area contributed by atoms with Crippen LogP contribution in [0.15, 0.2) is 30.2 Å². The van der Waals surface area contributed by atoms with Crippen LogP contribution >= 0.6 is 11.3 Å². The van der Waals surface area contributed by atoms with E-state index in [1.807, 2.05) is 40.2 Å². The number of fused-ring (bicyclic) bond motifs is 1. The zero-order chi connectivity index (χ0) is 20.5. The number of nitrogens with one attached hydrogen (secondary N) is 1. The number of likely N-dealkylation sites (tertiary alicyclic amines) is 1. The summed E-state index contributed by atoms with van der Waals surface area (Å²) in [5.74, 6) is 1.57. The molecule has 0 spiro atoms. The van der Waals surface area contributed by atoms with E-state index in [0.29, 0.717) is 11.8 Å². The molecule has 3 aromatic rings. The first kappa shape index (κ1) is 19.8. The molecule has 1 N–H and O–H groups in total. The molecule has 0 radical (unpaired) electrons. The molecule has 2 aliphatic rings. The van der Waals surface area contributed by atoms with Crippen molar-refractivity contribution in [3.63, 3.8) is 0 Å². The Labute approximate surface area is 181 Å². The van der Waals surface area contributed by atoms with Crippen LogP contribution in [-0.4, -0.2) is 56.3 Å². The second-order valence-electron chi connectivity index (χ2n) is 8.77. The third kappa shape index (κ3) is 4.16. The smallest absolute Gasteiger partial charge is 0.223 e. The molecule has 2 fully saturated rings. The van der Waals surface area contributed by atoms with Crippen molar-refractivity contribution < 1.29 is 4.79 Å². The zero-order valence-electron chi connectivity index (χ0n) is 17.5. The molecule has 1 aliphatic carbocycles. The van der Waals surface area contributed by atoms with Gasteiger partial charge < -0.3 is 14.8 Å². The van der Waals surface area contributed by atoms with Crippen LogP contribution in [0.4, 0.5) is 0 Å². The van der Waals surface area contributed by atoms with Crippen LogP contribution in [-0.2, 0) is 18.4 Å². The van der Waals surface area contributed by atoms with E-state index in [9.17, 15) is 4.79 Å². The SMILES string of the molecule is Cn1nc(C2CCN(C[C@H]3C[C@@H]3C(=O)NCCCn3ccnc3)CC2)c2sccc21. The molecule has 0 aromatic carbocycles. The molecule has 1 saturated heterocycles. The number of hydrogen-bond acceptors (Lipinski definition) is 5. The number of imidazole rings is 1. The Morgan fingerprint density at radius 2 is 2.20 bits per heavy atom. The van der Waals surface area contributed by atoms with Gasteiger partial charge in [0.05, 0.1) is 22.2 Å². The summed E-state index contributed by atoms with van der Waals surface area (Å²) in [6.45, 7) is 4.94. The Morgan fingerprint density at radius 1 is 1.33 bits per heavy atom. The van der Waals surface area contributed by atoms with Gasteiger partial charge in [0.15, 0.2) is 0 Å². The summed E-state index contributed by atoms with van der Waals surface area (Å²) < 4.78 is 5.43. The van der Waals surface area contributed by atoms with Crippen molar-refractivity contribution in [2.24, 2.45) is 18.9 Å². The summed E-state index contributed by atoms with van der Waals surface area (Å²) in [7, 11) is 2.05. The van der Waals surface area contributed by atoms with Crippen molar-refractivity contribution in [3.05, 3.63) is 35.9 Å². The maximum atomic E-state index is 12.4. The predicted molar refractivity (Wildman–Crippen MR) is 118 cm³/mol. The molecule has 1 saturated carbocycles. The third-order valence-electron chi connectivity index (χ3n) is 6.66. The van der Waals surface area contributed by atoms with Gasteiger partial charge in [-0.1, -0.05) is 0 Å². The summed E-state index contributed by atoms with van der Waals surface area (Å²) in [4.78, 5) is 19.0. The van der Waals surface area contributed by atoms with E-state index in [1.54, 1.807) is 6.20 Å². The number of piperidine rings is 1. The Kier molecular flexibility index (Phi) is 5.60. The number of aromatic nitrogens is 4. The normalized spacial score (nSPS) is 22.6. The summed E-state index contributed by atoms with van der Waals surface area (Å²) in [5.41, 5.74) is 2.55.